The summed E-state index contributed by atoms with van der Waals surface area (Å²) in [4.78, 5) is 17.3. The molecule has 2 aromatic rings. The number of ether oxygens (including phenoxy) is 2. The summed E-state index contributed by atoms with van der Waals surface area (Å²) in [5.41, 5.74) is 2.22. The van der Waals surface area contributed by atoms with Crippen molar-refractivity contribution in [3.63, 3.8) is 0 Å². The molecule has 0 fully saturated rings. The molecule has 0 bridgehead atoms. The van der Waals surface area contributed by atoms with Gasteiger partial charge in [-0.05, 0) is 36.4 Å². The summed E-state index contributed by atoms with van der Waals surface area (Å²) < 4.78 is 11.0. The molecule has 0 radical (unpaired) electrons. The van der Waals surface area contributed by atoms with Crippen molar-refractivity contribution in [1.82, 2.24) is 4.98 Å². The first kappa shape index (κ1) is 19.4. The molecule has 1 aliphatic rings. The van der Waals surface area contributed by atoms with Gasteiger partial charge >= 0.3 is 0 Å². The van der Waals surface area contributed by atoms with E-state index in [0.29, 0.717) is 24.7 Å². The van der Waals surface area contributed by atoms with Crippen LogP contribution in [0.5, 0.6) is 5.75 Å². The van der Waals surface area contributed by atoms with Crippen LogP contribution in [0, 0.1) is 0 Å². The van der Waals surface area contributed by atoms with Crippen molar-refractivity contribution >= 4 is 39.2 Å². The number of aliphatic hydroxyl groups is 1. The van der Waals surface area contributed by atoms with Crippen molar-refractivity contribution in [1.29, 1.82) is 0 Å². The average Bonchev–Trinajstić information content (AvgIpc) is 2.97. The lowest BCUT2D eigenvalue weighted by Gasteiger charge is -2.13. The fourth-order valence-electron chi connectivity index (χ4n) is 2.67. The molecule has 142 valence electrons. The van der Waals surface area contributed by atoms with Crippen molar-refractivity contribution < 1.29 is 19.4 Å². The third-order valence-electron chi connectivity index (χ3n) is 3.95. The SMILES string of the molecule is COCCOc1cc(C2=CCCC=CS2)nc2ccc(NC(=O)CO)cc12. The summed E-state index contributed by atoms with van der Waals surface area (Å²) in [7, 11) is 1.63. The highest BCUT2D eigenvalue weighted by Gasteiger charge is 2.13. The number of anilines is 1. The van der Waals surface area contributed by atoms with Gasteiger partial charge in [-0.25, -0.2) is 4.98 Å². The van der Waals surface area contributed by atoms with Gasteiger partial charge in [-0.2, -0.15) is 0 Å². The Bertz CT molecular complexity index is 880. The van der Waals surface area contributed by atoms with Crippen LogP contribution in [0.2, 0.25) is 0 Å². The van der Waals surface area contributed by atoms with Gasteiger partial charge in [-0.3, -0.25) is 4.79 Å². The smallest absolute Gasteiger partial charge is 0.250 e. The summed E-state index contributed by atoms with van der Waals surface area (Å²) in [5, 5.41) is 14.5. The van der Waals surface area contributed by atoms with E-state index < -0.39 is 12.5 Å². The number of allylic oxidation sites excluding steroid dienone is 2. The first-order valence-corrected chi connectivity index (χ1v) is 9.58. The van der Waals surface area contributed by atoms with E-state index in [0.717, 1.165) is 34.3 Å². The number of hydrogen-bond donors (Lipinski definition) is 2. The molecule has 7 heteroatoms. The Morgan fingerprint density at radius 3 is 3.00 bits per heavy atom. The third kappa shape index (κ3) is 5.09. The molecule has 0 aliphatic carbocycles. The highest BCUT2D eigenvalue weighted by atomic mass is 32.2. The van der Waals surface area contributed by atoms with Crippen LogP contribution in [-0.2, 0) is 9.53 Å². The molecule has 1 aromatic carbocycles. The quantitative estimate of drug-likeness (QED) is 0.708. The number of aromatic nitrogens is 1. The Morgan fingerprint density at radius 1 is 1.30 bits per heavy atom. The molecule has 0 spiro atoms. The van der Waals surface area contributed by atoms with Crippen molar-refractivity contribution in [3.05, 3.63) is 47.5 Å². The number of methoxy groups -OCH3 is 1. The summed E-state index contributed by atoms with van der Waals surface area (Å²) in [5.74, 6) is 0.217. The number of rotatable bonds is 7. The number of benzene rings is 1. The molecular weight excluding hydrogens is 364 g/mol. The Balaban J connectivity index is 2.01. The van der Waals surface area contributed by atoms with Gasteiger partial charge in [-0.1, -0.05) is 23.9 Å². The Labute approximate surface area is 162 Å². The van der Waals surface area contributed by atoms with Crippen LogP contribution < -0.4 is 10.1 Å². The van der Waals surface area contributed by atoms with Crippen molar-refractivity contribution in [2.24, 2.45) is 0 Å². The van der Waals surface area contributed by atoms with E-state index in [1.165, 1.54) is 0 Å². The van der Waals surface area contributed by atoms with Crippen LogP contribution in [0.25, 0.3) is 15.8 Å². The standard InChI is InChI=1S/C20H22N2O4S/c1-25-8-9-26-18-12-17(19-5-3-2-4-10-27-19)22-16-7-6-14(11-15(16)18)21-20(24)13-23/h4-7,10-12,23H,2-3,8-9,13H2,1H3,(H,21,24). The normalized spacial score (nSPS) is 13.9. The number of fused-ring (bicyclic) bond motifs is 1. The molecule has 1 aromatic heterocycles. The van der Waals surface area contributed by atoms with E-state index in [2.05, 4.69) is 22.9 Å². The predicted octanol–water partition coefficient (Wildman–Crippen LogP) is 3.57. The van der Waals surface area contributed by atoms with Crippen LogP contribution in [0.15, 0.2) is 41.8 Å². The molecule has 2 heterocycles. The van der Waals surface area contributed by atoms with Gasteiger partial charge in [0.25, 0.3) is 0 Å². The number of thioether (sulfide) groups is 1. The molecule has 0 saturated heterocycles. The largest absolute Gasteiger partial charge is 0.490 e. The summed E-state index contributed by atoms with van der Waals surface area (Å²) in [6.45, 7) is 0.319. The third-order valence-corrected chi connectivity index (χ3v) is 4.91. The van der Waals surface area contributed by atoms with Gasteiger partial charge in [0, 0.05) is 29.2 Å². The van der Waals surface area contributed by atoms with Crippen LogP contribution >= 0.6 is 11.8 Å². The fraction of sp³-hybridized carbons (Fsp3) is 0.300. The van der Waals surface area contributed by atoms with Gasteiger partial charge in [0.1, 0.15) is 19.0 Å². The van der Waals surface area contributed by atoms with Crippen molar-refractivity contribution in [3.8, 4) is 5.75 Å². The second kappa shape index (κ2) is 9.55. The number of nitrogens with zero attached hydrogens (tertiary/aromatic N) is 1. The van der Waals surface area contributed by atoms with Gasteiger partial charge in [0.05, 0.1) is 17.8 Å². The molecule has 6 nitrogen and oxygen atoms in total. The minimum absolute atomic E-state index is 0.411. The molecule has 1 amide bonds. The molecule has 2 N–H and O–H groups in total. The van der Waals surface area contributed by atoms with E-state index in [-0.39, 0.29) is 0 Å². The van der Waals surface area contributed by atoms with E-state index in [9.17, 15) is 4.79 Å². The maximum atomic E-state index is 11.5. The molecule has 3 rings (SSSR count). The van der Waals surface area contributed by atoms with E-state index in [1.54, 1.807) is 31.0 Å². The van der Waals surface area contributed by atoms with Crippen LogP contribution in [0.1, 0.15) is 18.5 Å². The number of amides is 1. The maximum absolute atomic E-state index is 11.5. The molecule has 27 heavy (non-hydrogen) atoms. The summed E-state index contributed by atoms with van der Waals surface area (Å²) >= 11 is 1.65. The highest BCUT2D eigenvalue weighted by Crippen LogP contribution is 2.36. The Morgan fingerprint density at radius 2 is 2.19 bits per heavy atom. The lowest BCUT2D eigenvalue weighted by atomic mass is 10.1. The number of hydrogen-bond acceptors (Lipinski definition) is 6. The fourth-order valence-corrected chi connectivity index (χ4v) is 3.49. The number of carbonyl (C=O) groups is 1. The zero-order valence-electron chi connectivity index (χ0n) is 15.1. The van der Waals surface area contributed by atoms with Crippen molar-refractivity contribution in [2.75, 3.05) is 32.2 Å². The van der Waals surface area contributed by atoms with Gasteiger partial charge in [0.2, 0.25) is 5.91 Å². The number of aliphatic hydroxyl groups excluding tert-OH is 1. The lowest BCUT2D eigenvalue weighted by molar-refractivity contribution is -0.118. The number of nitrogens with one attached hydrogen (secondary N) is 1. The highest BCUT2D eigenvalue weighted by molar-refractivity contribution is 8.10. The maximum Gasteiger partial charge on any atom is 0.250 e. The van der Waals surface area contributed by atoms with Gasteiger partial charge in [-0.15, -0.1) is 0 Å². The van der Waals surface area contributed by atoms with Gasteiger partial charge in [0.15, 0.2) is 0 Å². The first-order valence-electron chi connectivity index (χ1n) is 8.70. The van der Waals surface area contributed by atoms with E-state index >= 15 is 0 Å². The minimum Gasteiger partial charge on any atom is -0.490 e. The predicted molar refractivity (Wildman–Crippen MR) is 109 cm³/mol. The Hall–Kier alpha value is -2.35. The first-order chi connectivity index (χ1) is 13.2. The second-order valence-corrected chi connectivity index (χ2v) is 6.87. The average molecular weight is 386 g/mol. The van der Waals surface area contributed by atoms with Crippen LogP contribution in [0.4, 0.5) is 5.69 Å². The second-order valence-electron chi connectivity index (χ2n) is 5.92. The molecule has 0 atom stereocenters. The molecule has 0 saturated carbocycles. The lowest BCUT2D eigenvalue weighted by Crippen LogP contribution is -2.15. The zero-order valence-corrected chi connectivity index (χ0v) is 15.9. The van der Waals surface area contributed by atoms with Crippen molar-refractivity contribution in [2.45, 2.75) is 12.8 Å². The summed E-state index contributed by atoms with van der Waals surface area (Å²) in [6.07, 6.45) is 6.34. The summed E-state index contributed by atoms with van der Waals surface area (Å²) in [6, 6.07) is 7.33. The molecule has 1 aliphatic heterocycles. The topological polar surface area (TPSA) is 80.7 Å². The van der Waals surface area contributed by atoms with Crippen LogP contribution in [-0.4, -0.2) is 42.9 Å². The molecule has 0 unspecified atom stereocenters. The molecular formula is C20H22N2O4S. The van der Waals surface area contributed by atoms with E-state index in [1.807, 2.05) is 12.1 Å². The number of carbonyl (C=O) groups excluding carboxylic acids is 1. The Kier molecular flexibility index (Phi) is 6.86. The minimum atomic E-state index is -0.564. The zero-order chi connectivity index (χ0) is 19.1. The van der Waals surface area contributed by atoms with E-state index in [4.69, 9.17) is 19.6 Å². The number of pyridine rings is 1. The van der Waals surface area contributed by atoms with Crippen LogP contribution in [0.3, 0.4) is 0 Å². The van der Waals surface area contributed by atoms with Gasteiger partial charge < -0.3 is 19.9 Å². The monoisotopic (exact) mass is 386 g/mol.